The summed E-state index contributed by atoms with van der Waals surface area (Å²) in [6.07, 6.45) is 4.11. The van der Waals surface area contributed by atoms with Crippen LogP contribution >= 0.6 is 11.3 Å². The van der Waals surface area contributed by atoms with Crippen molar-refractivity contribution >= 4 is 28.6 Å². The maximum atomic E-state index is 13.1. The number of hydrogen-bond donors (Lipinski definition) is 1. The molecule has 1 aliphatic heterocycles. The van der Waals surface area contributed by atoms with E-state index in [0.29, 0.717) is 29.3 Å². The van der Waals surface area contributed by atoms with Crippen molar-refractivity contribution in [2.45, 2.75) is 13.3 Å². The lowest BCUT2D eigenvalue weighted by molar-refractivity contribution is 0.102. The third-order valence-electron chi connectivity index (χ3n) is 8.49. The van der Waals surface area contributed by atoms with E-state index < -0.39 is 0 Å². The van der Waals surface area contributed by atoms with Crippen molar-refractivity contribution in [3.63, 3.8) is 0 Å². The number of aryl methyl sites for hydroxylation is 1. The van der Waals surface area contributed by atoms with Gasteiger partial charge in [0.05, 0.1) is 11.3 Å². The number of ether oxygens (including phenoxy) is 1. The Balaban J connectivity index is 1.03. The van der Waals surface area contributed by atoms with E-state index in [0.717, 1.165) is 64.8 Å². The summed E-state index contributed by atoms with van der Waals surface area (Å²) in [5.74, 6) is 1.65. The summed E-state index contributed by atoms with van der Waals surface area (Å²) in [5, 5.41) is 5.05. The minimum atomic E-state index is -0.168. The van der Waals surface area contributed by atoms with E-state index in [2.05, 4.69) is 62.5 Å². The molecule has 3 aromatic heterocycles. The molecular weight excluding hydrogens is 617 g/mol. The number of thiophene rings is 1. The minimum absolute atomic E-state index is 0.168. The molecule has 6 aromatic rings. The molecule has 0 aliphatic carbocycles. The Labute approximate surface area is 284 Å². The maximum Gasteiger partial charge on any atom is 0.255 e. The van der Waals surface area contributed by atoms with Crippen molar-refractivity contribution < 1.29 is 9.53 Å². The number of likely N-dealkylation sites (N-methyl/N-ethyl adjacent to an activating group) is 1. The highest BCUT2D eigenvalue weighted by Crippen LogP contribution is 2.33. The van der Waals surface area contributed by atoms with Gasteiger partial charge in [0, 0.05) is 66.8 Å². The fourth-order valence-corrected chi connectivity index (χ4v) is 6.50. The monoisotopic (exact) mass is 652 g/mol. The van der Waals surface area contributed by atoms with Crippen LogP contribution in [0.3, 0.4) is 0 Å². The number of rotatable bonds is 9. The van der Waals surface area contributed by atoms with Gasteiger partial charge in [0.1, 0.15) is 11.6 Å². The van der Waals surface area contributed by atoms with Crippen molar-refractivity contribution in [1.29, 1.82) is 0 Å². The van der Waals surface area contributed by atoms with Crippen LogP contribution in [0.15, 0.2) is 115 Å². The summed E-state index contributed by atoms with van der Waals surface area (Å²) in [7, 11) is 2.17. The van der Waals surface area contributed by atoms with Crippen LogP contribution in [-0.4, -0.2) is 59.0 Å². The average molecular weight is 653 g/mol. The first-order chi connectivity index (χ1) is 23.5. The first-order valence-corrected chi connectivity index (χ1v) is 16.9. The molecule has 9 heteroatoms. The smallest absolute Gasteiger partial charge is 0.255 e. The van der Waals surface area contributed by atoms with E-state index >= 15 is 0 Å². The Kier molecular flexibility index (Phi) is 9.22. The highest BCUT2D eigenvalue weighted by Gasteiger charge is 2.16. The Bertz CT molecular complexity index is 2020. The van der Waals surface area contributed by atoms with Crippen LogP contribution < -0.4 is 15.0 Å². The Morgan fingerprint density at radius 1 is 0.875 bits per heavy atom. The lowest BCUT2D eigenvalue weighted by atomic mass is 10.1. The van der Waals surface area contributed by atoms with Crippen molar-refractivity contribution in [3.05, 3.63) is 137 Å². The predicted octanol–water partition coefficient (Wildman–Crippen LogP) is 7.96. The van der Waals surface area contributed by atoms with Crippen LogP contribution in [0.25, 0.3) is 21.7 Å². The molecule has 1 saturated heterocycles. The summed E-state index contributed by atoms with van der Waals surface area (Å²) < 4.78 is 6.34. The number of carbonyl (C=O) groups excluding carboxylic acids is 1. The van der Waals surface area contributed by atoms with Crippen molar-refractivity contribution in [3.8, 4) is 33.3 Å². The minimum Gasteiger partial charge on any atom is -0.438 e. The predicted molar refractivity (Wildman–Crippen MR) is 193 cm³/mol. The van der Waals surface area contributed by atoms with Gasteiger partial charge in [-0.1, -0.05) is 30.3 Å². The third-order valence-corrected chi connectivity index (χ3v) is 9.41. The van der Waals surface area contributed by atoms with Gasteiger partial charge in [-0.05, 0) is 103 Å². The molecule has 0 unspecified atom stereocenters. The summed E-state index contributed by atoms with van der Waals surface area (Å²) >= 11 is 1.65. The summed E-state index contributed by atoms with van der Waals surface area (Å²) in [6.45, 7) is 6.20. The van der Waals surface area contributed by atoms with E-state index in [-0.39, 0.29) is 5.91 Å². The second-order valence-corrected chi connectivity index (χ2v) is 12.9. The van der Waals surface area contributed by atoms with Crippen LogP contribution in [0.4, 0.5) is 11.4 Å². The normalized spacial score (nSPS) is 13.3. The number of amides is 1. The van der Waals surface area contributed by atoms with E-state index in [1.165, 1.54) is 5.69 Å². The molecule has 7 rings (SSSR count). The zero-order chi connectivity index (χ0) is 32.9. The molecule has 48 heavy (non-hydrogen) atoms. The molecule has 1 N–H and O–H groups in total. The number of piperazine rings is 1. The summed E-state index contributed by atoms with van der Waals surface area (Å²) in [4.78, 5) is 33.0. The number of pyridine rings is 1. The number of benzene rings is 3. The number of nitrogens with zero attached hydrogens (tertiary/aromatic N) is 5. The average Bonchev–Trinajstić information content (AvgIpc) is 3.66. The molecule has 0 radical (unpaired) electrons. The van der Waals surface area contributed by atoms with Crippen molar-refractivity contribution in [2.75, 3.05) is 43.4 Å². The van der Waals surface area contributed by atoms with Gasteiger partial charge < -0.3 is 19.9 Å². The molecule has 4 heterocycles. The number of nitrogens with one attached hydrogen (secondary N) is 1. The number of hydrogen-bond acceptors (Lipinski definition) is 8. The molecule has 240 valence electrons. The maximum absolute atomic E-state index is 13.1. The Morgan fingerprint density at radius 2 is 1.73 bits per heavy atom. The fourth-order valence-electron chi connectivity index (χ4n) is 5.78. The van der Waals surface area contributed by atoms with Gasteiger partial charge in [0.15, 0.2) is 0 Å². The quantitative estimate of drug-likeness (QED) is 0.170. The highest BCUT2D eigenvalue weighted by atomic mass is 32.1. The molecule has 3 aromatic carbocycles. The van der Waals surface area contributed by atoms with Crippen LogP contribution in [0.5, 0.6) is 11.6 Å². The van der Waals surface area contributed by atoms with E-state index in [1.54, 1.807) is 23.7 Å². The zero-order valence-electron chi connectivity index (χ0n) is 27.0. The topological polar surface area (TPSA) is 83.5 Å². The molecule has 0 atom stereocenters. The van der Waals surface area contributed by atoms with Crippen molar-refractivity contribution in [1.82, 2.24) is 19.9 Å². The summed E-state index contributed by atoms with van der Waals surface area (Å²) in [6, 6.07) is 31.7. The molecule has 8 nitrogen and oxygen atoms in total. The van der Waals surface area contributed by atoms with Gasteiger partial charge in [0.2, 0.25) is 5.88 Å². The van der Waals surface area contributed by atoms with Gasteiger partial charge in [-0.25, -0.2) is 15.0 Å². The van der Waals surface area contributed by atoms with E-state index in [4.69, 9.17) is 9.72 Å². The molecule has 1 fully saturated rings. The second kappa shape index (κ2) is 14.2. The molecule has 0 spiro atoms. The fraction of sp³-hybridized carbons (Fsp3) is 0.179. The third kappa shape index (κ3) is 7.27. The highest BCUT2D eigenvalue weighted by molar-refractivity contribution is 7.13. The van der Waals surface area contributed by atoms with Gasteiger partial charge in [0.25, 0.3) is 5.91 Å². The lowest BCUT2D eigenvalue weighted by Crippen LogP contribution is -2.44. The van der Waals surface area contributed by atoms with E-state index in [1.807, 2.05) is 79.0 Å². The number of aromatic nitrogens is 3. The summed E-state index contributed by atoms with van der Waals surface area (Å²) in [5.41, 5.74) is 7.09. The zero-order valence-corrected chi connectivity index (χ0v) is 27.8. The number of carbonyl (C=O) groups is 1. The first-order valence-electron chi connectivity index (χ1n) is 16.0. The van der Waals surface area contributed by atoms with Gasteiger partial charge >= 0.3 is 0 Å². The Hall–Kier alpha value is -5.38. The Morgan fingerprint density at radius 3 is 2.52 bits per heavy atom. The van der Waals surface area contributed by atoms with Crippen LogP contribution in [0.1, 0.15) is 27.3 Å². The van der Waals surface area contributed by atoms with E-state index in [9.17, 15) is 4.79 Å². The van der Waals surface area contributed by atoms with Gasteiger partial charge in [-0.15, -0.1) is 11.3 Å². The van der Waals surface area contributed by atoms with Crippen LogP contribution in [0, 0.1) is 6.92 Å². The molecule has 0 saturated carbocycles. The molecule has 0 bridgehead atoms. The van der Waals surface area contributed by atoms with Crippen LogP contribution in [-0.2, 0) is 6.42 Å². The molecule has 1 aliphatic rings. The van der Waals surface area contributed by atoms with Crippen molar-refractivity contribution in [2.24, 2.45) is 0 Å². The SMILES string of the molecule is Cc1cc(NC(=O)c2cccc(-c3cccs3)c2)ccc1Oc1ncccc1-c1ccnc(Cc2ccc(N3CCN(C)CC3)cc2)n1. The first kappa shape index (κ1) is 31.2. The lowest BCUT2D eigenvalue weighted by Gasteiger charge is -2.34. The largest absolute Gasteiger partial charge is 0.438 e. The van der Waals surface area contributed by atoms with Crippen LogP contribution in [0.2, 0.25) is 0 Å². The second-order valence-electron chi connectivity index (χ2n) is 11.9. The standard InChI is InChI=1S/C39H36N6O2S/c1-27-24-31(42-38(46)30-7-3-6-29(26-30)36-9-5-23-48-36)12-15-35(27)47-39-33(8-4-17-41-39)34-16-18-40-37(43-34)25-28-10-13-32(14-11-28)45-21-19-44(2)20-22-45/h3-18,23-24,26H,19-22,25H2,1-2H3,(H,42,46). The molecular formula is C39H36N6O2S. The number of anilines is 2. The van der Waals surface area contributed by atoms with Gasteiger partial charge in [-0.3, -0.25) is 4.79 Å². The molecule has 1 amide bonds. The van der Waals surface area contributed by atoms with Gasteiger partial charge in [-0.2, -0.15) is 0 Å².